The summed E-state index contributed by atoms with van der Waals surface area (Å²) >= 11 is 0. The molecule has 0 radical (unpaired) electrons. The van der Waals surface area contributed by atoms with E-state index >= 15 is 0 Å². The van der Waals surface area contributed by atoms with E-state index in [1.54, 1.807) is 19.2 Å². The zero-order chi connectivity index (χ0) is 21.4. The first-order valence-corrected chi connectivity index (χ1v) is 9.23. The van der Waals surface area contributed by atoms with Gasteiger partial charge in [-0.3, -0.25) is 9.59 Å². The minimum Gasteiger partial charge on any atom is -0.468 e. The molecule has 2 rings (SSSR count). The molecule has 1 aliphatic rings. The number of methoxy groups -OCH3 is 4. The van der Waals surface area contributed by atoms with Gasteiger partial charge in [-0.1, -0.05) is 6.42 Å². The molecule has 162 valence electrons. The van der Waals surface area contributed by atoms with Gasteiger partial charge in [0.15, 0.2) is 19.0 Å². The van der Waals surface area contributed by atoms with Crippen molar-refractivity contribution >= 4 is 11.9 Å². The molecule has 1 aliphatic carbocycles. The van der Waals surface area contributed by atoms with Gasteiger partial charge in [-0.2, -0.15) is 0 Å². The van der Waals surface area contributed by atoms with Crippen molar-refractivity contribution < 1.29 is 38.0 Å². The Morgan fingerprint density at radius 3 is 2.34 bits per heavy atom. The highest BCUT2D eigenvalue weighted by Gasteiger charge is 2.56. The third-order valence-electron chi connectivity index (χ3n) is 5.16. The van der Waals surface area contributed by atoms with E-state index in [4.69, 9.17) is 34.2 Å². The maximum absolute atomic E-state index is 12.7. The van der Waals surface area contributed by atoms with E-state index in [0.29, 0.717) is 41.9 Å². The number of esters is 1. The Hall–Kier alpha value is -2.36. The summed E-state index contributed by atoms with van der Waals surface area (Å²) in [5.41, 5.74) is 5.54. The van der Waals surface area contributed by atoms with Gasteiger partial charge in [0.2, 0.25) is 5.91 Å². The highest BCUT2D eigenvalue weighted by molar-refractivity contribution is 6.03. The van der Waals surface area contributed by atoms with E-state index in [9.17, 15) is 9.59 Å². The Kier molecular flexibility index (Phi) is 8.24. The molecule has 0 aromatic heterocycles. The van der Waals surface area contributed by atoms with Crippen LogP contribution >= 0.6 is 0 Å². The molecule has 1 fully saturated rings. The molecule has 0 bridgehead atoms. The molecule has 1 amide bonds. The molecule has 9 heteroatoms. The average molecular weight is 411 g/mol. The van der Waals surface area contributed by atoms with Crippen molar-refractivity contribution in [1.29, 1.82) is 0 Å². The van der Waals surface area contributed by atoms with E-state index in [1.807, 2.05) is 0 Å². The number of hydrogen-bond donors (Lipinski definition) is 1. The van der Waals surface area contributed by atoms with Crippen molar-refractivity contribution in [2.45, 2.75) is 31.8 Å². The minimum absolute atomic E-state index is 0.0174. The molecular weight excluding hydrogens is 382 g/mol. The number of carbonyl (C=O) groups excluding carboxylic acids is 2. The first-order valence-electron chi connectivity index (χ1n) is 9.23. The van der Waals surface area contributed by atoms with E-state index in [-0.39, 0.29) is 20.2 Å². The van der Waals surface area contributed by atoms with Crippen LogP contribution in [0.25, 0.3) is 0 Å². The van der Waals surface area contributed by atoms with Crippen molar-refractivity contribution in [1.82, 2.24) is 0 Å². The number of amides is 1. The Labute approximate surface area is 170 Å². The molecule has 9 nitrogen and oxygen atoms in total. The number of nitrogens with two attached hydrogens (primary N) is 1. The molecular formula is C20H29NO8. The van der Waals surface area contributed by atoms with Crippen LogP contribution in [0.5, 0.6) is 11.5 Å². The lowest BCUT2D eigenvalue weighted by Crippen LogP contribution is -2.46. The van der Waals surface area contributed by atoms with Crippen LogP contribution in [0.3, 0.4) is 0 Å². The van der Waals surface area contributed by atoms with Crippen molar-refractivity contribution in [2.75, 3.05) is 42.0 Å². The van der Waals surface area contributed by atoms with Gasteiger partial charge < -0.3 is 34.2 Å². The normalized spacial score (nSPS) is 21.0. The number of primary amides is 1. The van der Waals surface area contributed by atoms with Gasteiger partial charge in [-0.15, -0.1) is 0 Å². The number of hydrogen-bond acceptors (Lipinski definition) is 8. The Morgan fingerprint density at radius 1 is 1.07 bits per heavy atom. The monoisotopic (exact) mass is 411 g/mol. The second kappa shape index (κ2) is 10.4. The number of carbonyl (C=O) groups is 2. The summed E-state index contributed by atoms with van der Waals surface area (Å²) in [7, 11) is 5.82. The van der Waals surface area contributed by atoms with Crippen LogP contribution in [-0.4, -0.2) is 53.9 Å². The summed E-state index contributed by atoms with van der Waals surface area (Å²) in [6.07, 6.45) is 1.49. The molecule has 29 heavy (non-hydrogen) atoms. The topological polar surface area (TPSA) is 116 Å². The minimum atomic E-state index is -1.48. The summed E-state index contributed by atoms with van der Waals surface area (Å²) < 4.78 is 31.8. The highest BCUT2D eigenvalue weighted by Crippen LogP contribution is 2.53. The average Bonchev–Trinajstić information content (AvgIpc) is 3.16. The van der Waals surface area contributed by atoms with E-state index < -0.39 is 23.2 Å². The lowest BCUT2D eigenvalue weighted by atomic mass is 9.73. The number of benzene rings is 1. The summed E-state index contributed by atoms with van der Waals surface area (Å²) in [4.78, 5) is 25.2. The molecule has 2 unspecified atom stereocenters. The molecule has 1 aromatic carbocycles. The van der Waals surface area contributed by atoms with E-state index in [0.717, 1.165) is 0 Å². The molecule has 0 aliphatic heterocycles. The van der Waals surface area contributed by atoms with Crippen LogP contribution in [0.4, 0.5) is 0 Å². The second-order valence-corrected chi connectivity index (χ2v) is 6.81. The molecule has 1 saturated carbocycles. The van der Waals surface area contributed by atoms with Gasteiger partial charge in [-0.05, 0) is 25.0 Å². The molecule has 2 N–H and O–H groups in total. The number of ether oxygens (including phenoxy) is 6. The van der Waals surface area contributed by atoms with Gasteiger partial charge in [-0.25, -0.2) is 0 Å². The predicted molar refractivity (Wildman–Crippen MR) is 102 cm³/mol. The Morgan fingerprint density at radius 2 is 1.76 bits per heavy atom. The molecule has 1 aromatic rings. The summed E-state index contributed by atoms with van der Waals surface area (Å²) in [5, 5.41) is 0. The predicted octanol–water partition coefficient (Wildman–Crippen LogP) is 1.71. The van der Waals surface area contributed by atoms with Crippen LogP contribution in [-0.2, 0) is 35.1 Å². The van der Waals surface area contributed by atoms with Crippen LogP contribution in [0.1, 0.15) is 36.3 Å². The molecule has 2 atom stereocenters. The zero-order valence-electron chi connectivity index (χ0n) is 17.3. The molecule has 0 heterocycles. The van der Waals surface area contributed by atoms with Gasteiger partial charge in [0, 0.05) is 38.4 Å². The fraction of sp³-hybridized carbons (Fsp3) is 0.600. The molecule has 0 saturated heterocycles. The van der Waals surface area contributed by atoms with Gasteiger partial charge in [0.05, 0.1) is 13.7 Å². The number of rotatable bonds is 11. The van der Waals surface area contributed by atoms with Gasteiger partial charge in [0.1, 0.15) is 11.5 Å². The third kappa shape index (κ3) is 4.63. The van der Waals surface area contributed by atoms with Crippen LogP contribution in [0.2, 0.25) is 0 Å². The van der Waals surface area contributed by atoms with E-state index in [2.05, 4.69) is 0 Å². The van der Waals surface area contributed by atoms with Gasteiger partial charge in [0.25, 0.3) is 0 Å². The second-order valence-electron chi connectivity index (χ2n) is 6.81. The Balaban J connectivity index is 2.66. The fourth-order valence-electron chi connectivity index (χ4n) is 3.96. The van der Waals surface area contributed by atoms with Crippen LogP contribution in [0, 0.1) is 5.41 Å². The summed E-state index contributed by atoms with van der Waals surface area (Å²) in [5.74, 6) is -0.947. The largest absolute Gasteiger partial charge is 0.468 e. The summed E-state index contributed by atoms with van der Waals surface area (Å²) in [6.45, 7) is 0.244. The SMILES string of the molecule is COCOc1cc(COC)c(OCOC)c(C2CCCC2(C(N)=O)C(=O)OC)c1. The van der Waals surface area contributed by atoms with Crippen molar-refractivity contribution in [3.05, 3.63) is 23.3 Å². The maximum Gasteiger partial charge on any atom is 0.322 e. The molecule has 0 spiro atoms. The lowest BCUT2D eigenvalue weighted by molar-refractivity contribution is -0.158. The fourth-order valence-corrected chi connectivity index (χ4v) is 3.96. The summed E-state index contributed by atoms with van der Waals surface area (Å²) in [6, 6.07) is 3.50. The smallest absolute Gasteiger partial charge is 0.322 e. The van der Waals surface area contributed by atoms with Crippen LogP contribution in [0.15, 0.2) is 12.1 Å². The first kappa shape index (κ1) is 22.9. The quantitative estimate of drug-likeness (QED) is 0.332. The van der Waals surface area contributed by atoms with Crippen molar-refractivity contribution in [3.63, 3.8) is 0 Å². The van der Waals surface area contributed by atoms with Crippen molar-refractivity contribution in [2.24, 2.45) is 11.1 Å². The van der Waals surface area contributed by atoms with Crippen LogP contribution < -0.4 is 15.2 Å². The van der Waals surface area contributed by atoms with Crippen molar-refractivity contribution in [3.8, 4) is 11.5 Å². The third-order valence-corrected chi connectivity index (χ3v) is 5.16. The van der Waals surface area contributed by atoms with E-state index in [1.165, 1.54) is 21.3 Å². The Bertz CT molecular complexity index is 723. The lowest BCUT2D eigenvalue weighted by Gasteiger charge is -2.31. The highest BCUT2D eigenvalue weighted by atomic mass is 16.7. The standard InChI is InChI=1S/C20H29NO8/c1-24-10-13-8-14(28-11-25-2)9-15(17(13)29-12-26-3)16-6-5-7-20(16,18(21)22)19(23)27-4/h8-9,16H,5-7,10-12H2,1-4H3,(H2,21,22). The zero-order valence-corrected chi connectivity index (χ0v) is 17.3. The van der Waals surface area contributed by atoms with Gasteiger partial charge >= 0.3 is 5.97 Å². The first-order chi connectivity index (χ1) is 14.0. The maximum atomic E-state index is 12.7.